The summed E-state index contributed by atoms with van der Waals surface area (Å²) in [6, 6.07) is 7.73. The lowest BCUT2D eigenvalue weighted by molar-refractivity contribution is -0.123. The smallest absolute Gasteiger partial charge is 0.237 e. The number of H-pyrrole nitrogens is 1. The summed E-state index contributed by atoms with van der Waals surface area (Å²) in [6.45, 7) is 6.30. The molecule has 2 rings (SSSR count). The second kappa shape index (κ2) is 6.76. The Labute approximate surface area is 126 Å². The molecule has 4 heteroatoms. The molecule has 1 heterocycles. The Morgan fingerprint density at radius 1 is 1.33 bits per heavy atom. The van der Waals surface area contributed by atoms with Gasteiger partial charge in [-0.25, -0.2) is 0 Å². The lowest BCUT2D eigenvalue weighted by Gasteiger charge is -2.22. The number of carbonyl (C=O) groups is 1. The van der Waals surface area contributed by atoms with Crippen molar-refractivity contribution in [2.24, 2.45) is 11.7 Å². The van der Waals surface area contributed by atoms with Gasteiger partial charge in [0.25, 0.3) is 0 Å². The molecular formula is C17H25N3O. The molecular weight excluding hydrogens is 262 g/mol. The van der Waals surface area contributed by atoms with Crippen LogP contribution in [0.3, 0.4) is 0 Å². The van der Waals surface area contributed by atoms with E-state index in [0.29, 0.717) is 12.3 Å². The predicted molar refractivity (Wildman–Crippen MR) is 87.0 cm³/mol. The molecule has 2 atom stereocenters. The summed E-state index contributed by atoms with van der Waals surface area (Å²) in [5.41, 5.74) is 8.24. The van der Waals surface area contributed by atoms with E-state index in [4.69, 9.17) is 5.73 Å². The second-order valence-corrected chi connectivity index (χ2v) is 5.94. The van der Waals surface area contributed by atoms with Crippen molar-refractivity contribution in [1.82, 2.24) is 10.3 Å². The molecule has 2 aromatic rings. The van der Waals surface area contributed by atoms with Crippen LogP contribution in [0.1, 0.15) is 32.8 Å². The molecule has 0 bridgehead atoms. The third kappa shape index (κ3) is 3.64. The van der Waals surface area contributed by atoms with E-state index in [-0.39, 0.29) is 11.9 Å². The molecule has 21 heavy (non-hydrogen) atoms. The number of amides is 1. The Hall–Kier alpha value is -1.81. The quantitative estimate of drug-likeness (QED) is 0.764. The first-order valence-electron chi connectivity index (χ1n) is 7.63. The van der Waals surface area contributed by atoms with Crippen LogP contribution in [-0.4, -0.2) is 23.0 Å². The fourth-order valence-corrected chi connectivity index (χ4v) is 2.66. The number of hydrogen-bond donors (Lipinski definition) is 3. The number of rotatable bonds is 6. The first-order chi connectivity index (χ1) is 10.0. The van der Waals surface area contributed by atoms with Gasteiger partial charge < -0.3 is 16.0 Å². The molecule has 0 aliphatic heterocycles. The van der Waals surface area contributed by atoms with Gasteiger partial charge in [0.2, 0.25) is 5.91 Å². The van der Waals surface area contributed by atoms with Gasteiger partial charge in [0.1, 0.15) is 0 Å². The maximum absolute atomic E-state index is 12.2. The molecule has 4 nitrogen and oxygen atoms in total. The first-order valence-corrected chi connectivity index (χ1v) is 7.63. The van der Waals surface area contributed by atoms with Crippen molar-refractivity contribution >= 4 is 16.8 Å². The van der Waals surface area contributed by atoms with Crippen LogP contribution in [0.5, 0.6) is 0 Å². The van der Waals surface area contributed by atoms with Gasteiger partial charge in [-0.05, 0) is 30.4 Å². The zero-order valence-electron chi connectivity index (χ0n) is 13.0. The number of aromatic nitrogens is 1. The largest absolute Gasteiger partial charge is 0.361 e. The SMILES string of the molecule is CCC(NC(=O)[C@@H](N)Cc1c[nH]c2ccccc12)C(C)C. The fraction of sp³-hybridized carbons (Fsp3) is 0.471. The highest BCUT2D eigenvalue weighted by Crippen LogP contribution is 2.18. The Bertz CT molecular complexity index is 603. The van der Waals surface area contributed by atoms with E-state index in [0.717, 1.165) is 22.9 Å². The minimum absolute atomic E-state index is 0.0687. The zero-order chi connectivity index (χ0) is 15.4. The van der Waals surface area contributed by atoms with E-state index in [9.17, 15) is 4.79 Å². The number of nitrogens with one attached hydrogen (secondary N) is 2. The van der Waals surface area contributed by atoms with Crippen LogP contribution in [0.2, 0.25) is 0 Å². The average Bonchev–Trinajstić information content (AvgIpc) is 2.87. The van der Waals surface area contributed by atoms with Crippen LogP contribution in [-0.2, 0) is 11.2 Å². The summed E-state index contributed by atoms with van der Waals surface area (Å²) in [5.74, 6) is 0.347. The summed E-state index contributed by atoms with van der Waals surface area (Å²) < 4.78 is 0. The molecule has 1 unspecified atom stereocenters. The number of hydrogen-bond acceptors (Lipinski definition) is 2. The molecule has 0 saturated carbocycles. The molecule has 0 aliphatic rings. The summed E-state index contributed by atoms with van der Waals surface area (Å²) in [7, 11) is 0. The van der Waals surface area contributed by atoms with Gasteiger partial charge in [0.05, 0.1) is 6.04 Å². The van der Waals surface area contributed by atoms with E-state index < -0.39 is 6.04 Å². The van der Waals surface area contributed by atoms with Crippen molar-refractivity contribution in [3.8, 4) is 0 Å². The highest BCUT2D eigenvalue weighted by molar-refractivity contribution is 5.86. The number of benzene rings is 1. The lowest BCUT2D eigenvalue weighted by Crippen LogP contribution is -2.47. The van der Waals surface area contributed by atoms with Crippen molar-refractivity contribution in [2.75, 3.05) is 0 Å². The van der Waals surface area contributed by atoms with Gasteiger partial charge in [-0.3, -0.25) is 4.79 Å². The van der Waals surface area contributed by atoms with Crippen molar-refractivity contribution in [1.29, 1.82) is 0 Å². The highest BCUT2D eigenvalue weighted by atomic mass is 16.2. The van der Waals surface area contributed by atoms with Crippen molar-refractivity contribution < 1.29 is 4.79 Å². The predicted octanol–water partition coefficient (Wildman–Crippen LogP) is 2.59. The molecule has 0 radical (unpaired) electrons. The monoisotopic (exact) mass is 287 g/mol. The summed E-state index contributed by atoms with van der Waals surface area (Å²) in [6.07, 6.45) is 3.41. The molecule has 0 aliphatic carbocycles. The maximum atomic E-state index is 12.2. The van der Waals surface area contributed by atoms with Crippen molar-refractivity contribution in [3.63, 3.8) is 0 Å². The average molecular weight is 287 g/mol. The summed E-state index contributed by atoms with van der Waals surface area (Å²) >= 11 is 0. The molecule has 1 amide bonds. The maximum Gasteiger partial charge on any atom is 0.237 e. The molecule has 0 fully saturated rings. The van der Waals surface area contributed by atoms with E-state index in [1.165, 1.54) is 0 Å². The number of nitrogens with two attached hydrogens (primary N) is 1. The van der Waals surface area contributed by atoms with E-state index in [1.807, 2.05) is 24.4 Å². The molecule has 4 N–H and O–H groups in total. The third-order valence-corrected chi connectivity index (χ3v) is 4.02. The Kier molecular flexibility index (Phi) is 5.02. The van der Waals surface area contributed by atoms with Crippen molar-refractivity contribution in [2.45, 2.75) is 45.7 Å². The number of fused-ring (bicyclic) bond motifs is 1. The molecule has 1 aromatic heterocycles. The third-order valence-electron chi connectivity index (χ3n) is 4.02. The Balaban J connectivity index is 2.03. The van der Waals surface area contributed by atoms with Crippen LogP contribution in [0.15, 0.2) is 30.5 Å². The molecule has 0 saturated heterocycles. The van der Waals surface area contributed by atoms with Gasteiger partial charge in [-0.2, -0.15) is 0 Å². The van der Waals surface area contributed by atoms with Gasteiger partial charge in [0.15, 0.2) is 0 Å². The van der Waals surface area contributed by atoms with E-state index in [2.05, 4.69) is 37.1 Å². The first kappa shape index (κ1) is 15.6. The normalized spacial score (nSPS) is 14.3. The minimum Gasteiger partial charge on any atom is -0.361 e. The minimum atomic E-state index is -0.517. The number of aromatic amines is 1. The molecule has 114 valence electrons. The number of para-hydroxylation sites is 1. The van der Waals surface area contributed by atoms with Gasteiger partial charge in [0, 0.05) is 23.1 Å². The number of carbonyl (C=O) groups excluding carboxylic acids is 1. The fourth-order valence-electron chi connectivity index (χ4n) is 2.66. The zero-order valence-corrected chi connectivity index (χ0v) is 13.0. The van der Waals surface area contributed by atoms with Crippen LogP contribution in [0.25, 0.3) is 10.9 Å². The van der Waals surface area contributed by atoms with Gasteiger partial charge >= 0.3 is 0 Å². The summed E-state index contributed by atoms with van der Waals surface area (Å²) in [5, 5.41) is 4.19. The van der Waals surface area contributed by atoms with E-state index in [1.54, 1.807) is 0 Å². The van der Waals surface area contributed by atoms with Crippen LogP contribution in [0.4, 0.5) is 0 Å². The molecule has 1 aromatic carbocycles. The summed E-state index contributed by atoms with van der Waals surface area (Å²) in [4.78, 5) is 15.4. The van der Waals surface area contributed by atoms with Crippen LogP contribution < -0.4 is 11.1 Å². The Morgan fingerprint density at radius 3 is 2.71 bits per heavy atom. The van der Waals surface area contributed by atoms with Gasteiger partial charge in [-0.15, -0.1) is 0 Å². The second-order valence-electron chi connectivity index (χ2n) is 5.94. The highest BCUT2D eigenvalue weighted by Gasteiger charge is 2.20. The van der Waals surface area contributed by atoms with Gasteiger partial charge in [-0.1, -0.05) is 39.0 Å². The molecule has 0 spiro atoms. The van der Waals surface area contributed by atoms with Crippen molar-refractivity contribution in [3.05, 3.63) is 36.0 Å². The van der Waals surface area contributed by atoms with E-state index >= 15 is 0 Å². The van der Waals surface area contributed by atoms with Crippen LogP contribution >= 0.6 is 0 Å². The lowest BCUT2D eigenvalue weighted by atomic mass is 10.00. The van der Waals surface area contributed by atoms with Crippen LogP contribution in [0, 0.1) is 5.92 Å². The standard InChI is InChI=1S/C17H25N3O/c1-4-15(11(2)3)20-17(21)14(18)9-12-10-19-16-8-6-5-7-13(12)16/h5-8,10-11,14-15,19H,4,9,18H2,1-3H3,(H,20,21)/t14-,15?/m0/s1. The topological polar surface area (TPSA) is 70.9 Å². The Morgan fingerprint density at radius 2 is 2.05 bits per heavy atom.